The molecule has 1 N–H and O–H groups in total. The standard InChI is InChI=1S/C17H24BrN3O2/c1-3-16(22)21-10-4-9-20(11-12-21)13(2)17(23)19-15-7-5-14(18)6-8-15/h5-8,13H,3-4,9-12H2,1-2H3,(H,19,23). The Morgan fingerprint density at radius 1 is 1.17 bits per heavy atom. The van der Waals surface area contributed by atoms with Gasteiger partial charge in [-0.3, -0.25) is 14.5 Å². The number of amides is 2. The number of carbonyl (C=O) groups excluding carboxylic acids is 2. The molecular weight excluding hydrogens is 358 g/mol. The van der Waals surface area contributed by atoms with Gasteiger partial charge in [-0.05, 0) is 37.6 Å². The minimum Gasteiger partial charge on any atom is -0.341 e. The monoisotopic (exact) mass is 381 g/mol. The van der Waals surface area contributed by atoms with Crippen molar-refractivity contribution in [3.05, 3.63) is 28.7 Å². The maximum absolute atomic E-state index is 12.4. The summed E-state index contributed by atoms with van der Waals surface area (Å²) in [4.78, 5) is 28.3. The molecule has 2 amide bonds. The van der Waals surface area contributed by atoms with Crippen LogP contribution in [0.5, 0.6) is 0 Å². The van der Waals surface area contributed by atoms with Gasteiger partial charge in [0, 0.05) is 42.8 Å². The smallest absolute Gasteiger partial charge is 0.241 e. The molecule has 1 heterocycles. The van der Waals surface area contributed by atoms with Gasteiger partial charge in [0.1, 0.15) is 0 Å². The summed E-state index contributed by atoms with van der Waals surface area (Å²) in [6.45, 7) is 6.86. The second-order valence-electron chi connectivity index (χ2n) is 5.80. The molecular formula is C17H24BrN3O2. The van der Waals surface area contributed by atoms with Crippen LogP contribution in [0.2, 0.25) is 0 Å². The molecule has 2 rings (SSSR count). The summed E-state index contributed by atoms with van der Waals surface area (Å²) in [5.74, 6) is 0.182. The first kappa shape index (κ1) is 17.9. The maximum Gasteiger partial charge on any atom is 0.241 e. The molecule has 0 bridgehead atoms. The molecule has 0 saturated carbocycles. The third kappa shape index (κ3) is 5.04. The Morgan fingerprint density at radius 2 is 1.87 bits per heavy atom. The van der Waals surface area contributed by atoms with Crippen LogP contribution in [0.4, 0.5) is 5.69 Å². The first-order valence-electron chi connectivity index (χ1n) is 8.09. The van der Waals surface area contributed by atoms with Crippen LogP contribution in [0.1, 0.15) is 26.7 Å². The van der Waals surface area contributed by atoms with E-state index in [0.717, 1.165) is 36.2 Å². The lowest BCUT2D eigenvalue weighted by Crippen LogP contribution is -2.44. The first-order valence-corrected chi connectivity index (χ1v) is 8.88. The summed E-state index contributed by atoms with van der Waals surface area (Å²) in [5.41, 5.74) is 0.794. The van der Waals surface area contributed by atoms with Gasteiger partial charge in [0.2, 0.25) is 11.8 Å². The van der Waals surface area contributed by atoms with Crippen molar-refractivity contribution in [1.29, 1.82) is 0 Å². The quantitative estimate of drug-likeness (QED) is 0.871. The van der Waals surface area contributed by atoms with Gasteiger partial charge in [-0.1, -0.05) is 22.9 Å². The van der Waals surface area contributed by atoms with Gasteiger partial charge in [-0.2, -0.15) is 0 Å². The fourth-order valence-corrected chi connectivity index (χ4v) is 3.01. The van der Waals surface area contributed by atoms with Crippen molar-refractivity contribution in [2.24, 2.45) is 0 Å². The highest BCUT2D eigenvalue weighted by atomic mass is 79.9. The van der Waals surface area contributed by atoms with E-state index in [9.17, 15) is 9.59 Å². The molecule has 1 aromatic rings. The zero-order valence-electron chi connectivity index (χ0n) is 13.7. The summed E-state index contributed by atoms with van der Waals surface area (Å²) in [6, 6.07) is 7.34. The Balaban J connectivity index is 1.91. The van der Waals surface area contributed by atoms with E-state index >= 15 is 0 Å². The molecule has 1 fully saturated rings. The van der Waals surface area contributed by atoms with Gasteiger partial charge in [0.15, 0.2) is 0 Å². The molecule has 1 unspecified atom stereocenters. The fraction of sp³-hybridized carbons (Fsp3) is 0.529. The number of nitrogens with one attached hydrogen (secondary N) is 1. The number of rotatable bonds is 4. The van der Waals surface area contributed by atoms with Gasteiger partial charge in [-0.15, -0.1) is 0 Å². The van der Waals surface area contributed by atoms with Crippen molar-refractivity contribution >= 4 is 33.4 Å². The molecule has 1 atom stereocenters. The molecule has 6 heteroatoms. The van der Waals surface area contributed by atoms with Crippen LogP contribution in [0.25, 0.3) is 0 Å². The zero-order chi connectivity index (χ0) is 16.8. The Bertz CT molecular complexity index is 547. The second-order valence-corrected chi connectivity index (χ2v) is 6.71. The molecule has 23 heavy (non-hydrogen) atoms. The zero-order valence-corrected chi connectivity index (χ0v) is 15.3. The minimum atomic E-state index is -0.213. The lowest BCUT2D eigenvalue weighted by Gasteiger charge is -2.27. The number of benzene rings is 1. The second kappa shape index (κ2) is 8.45. The summed E-state index contributed by atoms with van der Waals surface area (Å²) >= 11 is 3.38. The first-order chi connectivity index (χ1) is 11.0. The number of hydrogen-bond acceptors (Lipinski definition) is 3. The topological polar surface area (TPSA) is 52.7 Å². The predicted octanol–water partition coefficient (Wildman–Crippen LogP) is 2.72. The minimum absolute atomic E-state index is 0.0115. The SMILES string of the molecule is CCC(=O)N1CCCN(C(C)C(=O)Nc2ccc(Br)cc2)CC1. The summed E-state index contributed by atoms with van der Waals surface area (Å²) in [7, 11) is 0. The number of hydrogen-bond donors (Lipinski definition) is 1. The third-order valence-corrected chi connectivity index (χ3v) is 4.75. The molecule has 0 spiro atoms. The number of anilines is 1. The van der Waals surface area contributed by atoms with Gasteiger partial charge in [-0.25, -0.2) is 0 Å². The van der Waals surface area contributed by atoms with Crippen LogP contribution in [0.15, 0.2) is 28.7 Å². The number of halogens is 1. The van der Waals surface area contributed by atoms with Crippen molar-refractivity contribution < 1.29 is 9.59 Å². The van der Waals surface area contributed by atoms with Crippen molar-refractivity contribution in [3.8, 4) is 0 Å². The third-order valence-electron chi connectivity index (χ3n) is 4.22. The average Bonchev–Trinajstić information content (AvgIpc) is 2.81. The summed E-state index contributed by atoms with van der Waals surface area (Å²) in [5, 5.41) is 2.95. The van der Waals surface area contributed by atoms with Crippen molar-refractivity contribution in [3.63, 3.8) is 0 Å². The van der Waals surface area contributed by atoms with E-state index in [4.69, 9.17) is 0 Å². The van der Waals surface area contributed by atoms with E-state index in [2.05, 4.69) is 26.1 Å². The van der Waals surface area contributed by atoms with E-state index in [1.54, 1.807) is 0 Å². The highest BCUT2D eigenvalue weighted by Crippen LogP contribution is 2.15. The molecule has 0 aliphatic carbocycles. The van der Waals surface area contributed by atoms with Crippen molar-refractivity contribution in [2.45, 2.75) is 32.7 Å². The Morgan fingerprint density at radius 3 is 2.52 bits per heavy atom. The molecule has 5 nitrogen and oxygen atoms in total. The Hall–Kier alpha value is -1.40. The lowest BCUT2D eigenvalue weighted by molar-refractivity contribution is -0.130. The predicted molar refractivity (Wildman–Crippen MR) is 95.3 cm³/mol. The van der Waals surface area contributed by atoms with Crippen LogP contribution >= 0.6 is 15.9 Å². The van der Waals surface area contributed by atoms with Crippen LogP contribution in [0.3, 0.4) is 0 Å². The summed E-state index contributed by atoms with van der Waals surface area (Å²) < 4.78 is 0.983. The Labute approximate surface area is 146 Å². The largest absolute Gasteiger partial charge is 0.341 e. The van der Waals surface area contributed by atoms with E-state index in [1.807, 2.05) is 43.0 Å². The molecule has 1 saturated heterocycles. The highest BCUT2D eigenvalue weighted by molar-refractivity contribution is 9.10. The molecule has 0 aromatic heterocycles. The molecule has 0 radical (unpaired) electrons. The number of nitrogens with zero attached hydrogens (tertiary/aromatic N) is 2. The van der Waals surface area contributed by atoms with Crippen LogP contribution < -0.4 is 5.32 Å². The van der Waals surface area contributed by atoms with E-state index in [1.165, 1.54) is 0 Å². The Kier molecular flexibility index (Phi) is 6.59. The van der Waals surface area contributed by atoms with Crippen molar-refractivity contribution in [2.75, 3.05) is 31.5 Å². The molecule has 126 valence electrons. The van der Waals surface area contributed by atoms with Crippen LogP contribution in [-0.4, -0.2) is 53.8 Å². The fourth-order valence-electron chi connectivity index (χ4n) is 2.74. The van der Waals surface area contributed by atoms with E-state index in [0.29, 0.717) is 13.0 Å². The van der Waals surface area contributed by atoms with Gasteiger partial charge in [0.05, 0.1) is 6.04 Å². The lowest BCUT2D eigenvalue weighted by atomic mass is 10.2. The average molecular weight is 382 g/mol. The maximum atomic E-state index is 12.4. The van der Waals surface area contributed by atoms with Crippen LogP contribution in [-0.2, 0) is 9.59 Å². The highest BCUT2D eigenvalue weighted by Gasteiger charge is 2.25. The van der Waals surface area contributed by atoms with Gasteiger partial charge in [0.25, 0.3) is 0 Å². The summed E-state index contributed by atoms with van der Waals surface area (Å²) in [6.07, 6.45) is 1.45. The molecule has 1 aliphatic heterocycles. The molecule has 1 aliphatic rings. The normalized spacial score (nSPS) is 17.4. The van der Waals surface area contributed by atoms with E-state index in [-0.39, 0.29) is 17.9 Å². The van der Waals surface area contributed by atoms with Crippen LogP contribution in [0, 0.1) is 0 Å². The number of carbonyl (C=O) groups is 2. The van der Waals surface area contributed by atoms with Crippen molar-refractivity contribution in [1.82, 2.24) is 9.80 Å². The van der Waals surface area contributed by atoms with Gasteiger partial charge < -0.3 is 10.2 Å². The van der Waals surface area contributed by atoms with E-state index < -0.39 is 0 Å². The van der Waals surface area contributed by atoms with Gasteiger partial charge >= 0.3 is 0 Å². The molecule has 1 aromatic carbocycles.